The molecule has 3 aromatic rings. The number of carbonyl (C=O) groups is 2. The molecule has 0 heterocycles. The summed E-state index contributed by atoms with van der Waals surface area (Å²) < 4.78 is 26.7. The van der Waals surface area contributed by atoms with E-state index in [1.807, 2.05) is 82.3 Å². The van der Waals surface area contributed by atoms with Crippen molar-refractivity contribution in [2.45, 2.75) is 52.2 Å². The van der Waals surface area contributed by atoms with Gasteiger partial charge in [-0.15, -0.1) is 0 Å². The molecular weight excluding hydrogens is 569 g/mol. The Labute approximate surface area is 247 Å². The molecule has 214 valence electrons. The molecule has 0 saturated carbocycles. The summed E-state index contributed by atoms with van der Waals surface area (Å²) >= 11 is 12.2. The predicted molar refractivity (Wildman–Crippen MR) is 162 cm³/mol. The Bertz CT molecular complexity index is 1460. The number of rotatable bonds is 10. The van der Waals surface area contributed by atoms with E-state index in [9.17, 15) is 18.0 Å². The van der Waals surface area contributed by atoms with Gasteiger partial charge in [0.15, 0.2) is 0 Å². The van der Waals surface area contributed by atoms with Crippen molar-refractivity contribution in [1.29, 1.82) is 0 Å². The van der Waals surface area contributed by atoms with Crippen LogP contribution in [0.4, 0.5) is 5.69 Å². The number of nitrogens with one attached hydrogen (secondary N) is 1. The molecule has 1 N–H and O–H groups in total. The molecule has 0 spiro atoms. The van der Waals surface area contributed by atoms with Crippen LogP contribution in [0.2, 0.25) is 10.0 Å². The van der Waals surface area contributed by atoms with Crippen LogP contribution in [0.5, 0.6) is 0 Å². The Hall–Kier alpha value is -3.07. The van der Waals surface area contributed by atoms with Crippen molar-refractivity contribution in [3.05, 3.63) is 99.5 Å². The third-order valence-electron chi connectivity index (χ3n) is 6.24. The van der Waals surface area contributed by atoms with Crippen LogP contribution in [0.1, 0.15) is 37.5 Å². The number of amides is 2. The summed E-state index contributed by atoms with van der Waals surface area (Å²) in [7, 11) is -3.91. The monoisotopic (exact) mass is 603 g/mol. The topological polar surface area (TPSA) is 86.8 Å². The van der Waals surface area contributed by atoms with E-state index < -0.39 is 34.1 Å². The lowest BCUT2D eigenvalue weighted by atomic mass is 10.00. The van der Waals surface area contributed by atoms with Gasteiger partial charge >= 0.3 is 0 Å². The second kappa shape index (κ2) is 13.1. The Morgan fingerprint density at radius 3 is 2.12 bits per heavy atom. The van der Waals surface area contributed by atoms with Gasteiger partial charge in [0.1, 0.15) is 12.6 Å². The van der Waals surface area contributed by atoms with Crippen LogP contribution in [0, 0.1) is 6.92 Å². The molecule has 0 fully saturated rings. The molecule has 2 amide bonds. The maximum absolute atomic E-state index is 14.1. The number of anilines is 1. The van der Waals surface area contributed by atoms with Crippen molar-refractivity contribution < 1.29 is 18.0 Å². The number of aryl methyl sites for hydroxylation is 1. The van der Waals surface area contributed by atoms with Gasteiger partial charge in [-0.3, -0.25) is 13.9 Å². The van der Waals surface area contributed by atoms with E-state index in [0.29, 0.717) is 0 Å². The summed E-state index contributed by atoms with van der Waals surface area (Å²) in [6, 6.07) is 20.4. The standard InChI is InChI=1S/C30H35Cl2N3O4S/c1-21-11-9-10-14-23(21)19-34(27(29(37)33-30(2,3)4)17-22-12-7-6-8-13-22)28(36)20-35(40(5,38)39)24-15-16-25(31)26(32)18-24/h6-16,18,27H,17,19-20H2,1-5H3,(H,33,37)/t27-/m1/s1. The average molecular weight is 605 g/mol. The highest BCUT2D eigenvalue weighted by Crippen LogP contribution is 2.29. The molecule has 1 atom stereocenters. The predicted octanol–water partition coefficient (Wildman–Crippen LogP) is 5.62. The molecule has 0 bridgehead atoms. The normalized spacial score (nSPS) is 12.5. The first-order valence-electron chi connectivity index (χ1n) is 12.8. The van der Waals surface area contributed by atoms with Crippen LogP contribution in [0.25, 0.3) is 0 Å². The highest BCUT2D eigenvalue weighted by molar-refractivity contribution is 7.92. The van der Waals surface area contributed by atoms with E-state index in [0.717, 1.165) is 27.3 Å². The van der Waals surface area contributed by atoms with Crippen molar-refractivity contribution >= 4 is 50.7 Å². The summed E-state index contributed by atoms with van der Waals surface area (Å²) in [5.74, 6) is -0.872. The molecule has 0 aliphatic carbocycles. The van der Waals surface area contributed by atoms with Gasteiger partial charge in [-0.25, -0.2) is 8.42 Å². The summed E-state index contributed by atoms with van der Waals surface area (Å²) in [6.07, 6.45) is 1.26. The fourth-order valence-corrected chi connectivity index (χ4v) is 5.37. The number of hydrogen-bond donors (Lipinski definition) is 1. The highest BCUT2D eigenvalue weighted by Gasteiger charge is 2.34. The largest absolute Gasteiger partial charge is 0.350 e. The molecule has 0 aliphatic rings. The van der Waals surface area contributed by atoms with Crippen LogP contribution in [-0.2, 0) is 32.6 Å². The zero-order chi connectivity index (χ0) is 29.7. The van der Waals surface area contributed by atoms with Crippen LogP contribution >= 0.6 is 23.2 Å². The number of sulfonamides is 1. The molecule has 40 heavy (non-hydrogen) atoms. The Balaban J connectivity index is 2.10. The molecule has 3 rings (SSSR count). The molecule has 0 aromatic heterocycles. The van der Waals surface area contributed by atoms with E-state index in [1.54, 1.807) is 0 Å². The zero-order valence-electron chi connectivity index (χ0n) is 23.3. The van der Waals surface area contributed by atoms with E-state index in [1.165, 1.54) is 23.1 Å². The van der Waals surface area contributed by atoms with Crippen molar-refractivity contribution in [3.63, 3.8) is 0 Å². The van der Waals surface area contributed by atoms with E-state index >= 15 is 0 Å². The third-order valence-corrected chi connectivity index (χ3v) is 8.12. The van der Waals surface area contributed by atoms with E-state index in [-0.39, 0.29) is 34.6 Å². The number of carbonyl (C=O) groups excluding carboxylic acids is 2. The molecule has 10 heteroatoms. The van der Waals surface area contributed by atoms with Gasteiger partial charge < -0.3 is 10.2 Å². The maximum Gasteiger partial charge on any atom is 0.244 e. The van der Waals surface area contributed by atoms with Crippen LogP contribution in [-0.4, -0.2) is 49.5 Å². The summed E-state index contributed by atoms with van der Waals surface area (Å²) in [5, 5.41) is 3.42. The van der Waals surface area contributed by atoms with Gasteiger partial charge in [-0.1, -0.05) is 77.8 Å². The smallest absolute Gasteiger partial charge is 0.244 e. The van der Waals surface area contributed by atoms with Crippen molar-refractivity contribution in [3.8, 4) is 0 Å². The maximum atomic E-state index is 14.1. The lowest BCUT2D eigenvalue weighted by molar-refractivity contribution is -0.140. The molecule has 0 radical (unpaired) electrons. The molecule has 0 unspecified atom stereocenters. The van der Waals surface area contributed by atoms with Crippen LogP contribution in [0.3, 0.4) is 0 Å². The molecule has 0 aliphatic heterocycles. The highest BCUT2D eigenvalue weighted by atomic mass is 35.5. The zero-order valence-corrected chi connectivity index (χ0v) is 25.6. The first-order valence-corrected chi connectivity index (χ1v) is 15.4. The second-order valence-corrected chi connectivity index (χ2v) is 13.5. The Morgan fingerprint density at radius 2 is 1.55 bits per heavy atom. The fraction of sp³-hybridized carbons (Fsp3) is 0.333. The minimum atomic E-state index is -3.91. The second-order valence-electron chi connectivity index (χ2n) is 10.8. The molecular formula is C30H35Cl2N3O4S. The minimum Gasteiger partial charge on any atom is -0.350 e. The minimum absolute atomic E-state index is 0.111. The van der Waals surface area contributed by atoms with Crippen molar-refractivity contribution in [2.24, 2.45) is 0 Å². The van der Waals surface area contributed by atoms with E-state index in [4.69, 9.17) is 23.2 Å². The first-order chi connectivity index (χ1) is 18.7. The Morgan fingerprint density at radius 1 is 0.925 bits per heavy atom. The molecule has 7 nitrogen and oxygen atoms in total. The number of hydrogen-bond acceptors (Lipinski definition) is 4. The van der Waals surface area contributed by atoms with Gasteiger partial charge in [0.2, 0.25) is 21.8 Å². The number of halogens is 2. The fourth-order valence-electron chi connectivity index (χ4n) is 4.23. The quantitative estimate of drug-likeness (QED) is 0.326. The van der Waals surface area contributed by atoms with Crippen molar-refractivity contribution in [2.75, 3.05) is 17.1 Å². The lowest BCUT2D eigenvalue weighted by Crippen LogP contribution is -2.56. The van der Waals surface area contributed by atoms with Crippen LogP contribution < -0.4 is 9.62 Å². The summed E-state index contributed by atoms with van der Waals surface area (Å²) in [5.41, 5.74) is 2.29. The Kier molecular flexibility index (Phi) is 10.3. The first kappa shape index (κ1) is 31.5. The summed E-state index contributed by atoms with van der Waals surface area (Å²) in [4.78, 5) is 29.3. The van der Waals surface area contributed by atoms with E-state index in [2.05, 4.69) is 5.32 Å². The van der Waals surface area contributed by atoms with Crippen molar-refractivity contribution in [1.82, 2.24) is 10.2 Å². The average Bonchev–Trinajstić information content (AvgIpc) is 2.86. The molecule has 3 aromatic carbocycles. The molecule has 0 saturated heterocycles. The van der Waals surface area contributed by atoms with Gasteiger partial charge in [-0.05, 0) is 62.6 Å². The lowest BCUT2D eigenvalue weighted by Gasteiger charge is -2.35. The van der Waals surface area contributed by atoms with Gasteiger partial charge in [0.25, 0.3) is 0 Å². The van der Waals surface area contributed by atoms with Gasteiger partial charge in [0.05, 0.1) is 22.0 Å². The van der Waals surface area contributed by atoms with Gasteiger partial charge in [-0.2, -0.15) is 0 Å². The summed E-state index contributed by atoms with van der Waals surface area (Å²) in [6.45, 7) is 7.11. The number of benzene rings is 3. The van der Waals surface area contributed by atoms with Gasteiger partial charge in [0, 0.05) is 18.5 Å². The third kappa shape index (κ3) is 8.71. The van der Waals surface area contributed by atoms with Crippen LogP contribution in [0.15, 0.2) is 72.8 Å². The number of nitrogens with zero attached hydrogens (tertiary/aromatic N) is 2. The SMILES string of the molecule is Cc1ccccc1CN(C(=O)CN(c1ccc(Cl)c(Cl)c1)S(C)(=O)=O)[C@H](Cc1ccccc1)C(=O)NC(C)(C)C.